The van der Waals surface area contributed by atoms with Gasteiger partial charge in [0.25, 0.3) is 0 Å². The van der Waals surface area contributed by atoms with E-state index < -0.39 is 0 Å². The highest BCUT2D eigenvalue weighted by molar-refractivity contribution is 6.15. The van der Waals surface area contributed by atoms with Gasteiger partial charge in [-0.3, -0.25) is 0 Å². The summed E-state index contributed by atoms with van der Waals surface area (Å²) in [5.41, 5.74) is 7.43. The lowest BCUT2D eigenvalue weighted by molar-refractivity contribution is 0.321. The fourth-order valence-corrected chi connectivity index (χ4v) is 6.97. The van der Waals surface area contributed by atoms with Crippen molar-refractivity contribution < 1.29 is 0 Å². The molecule has 0 aliphatic carbocycles. The van der Waals surface area contributed by atoms with Gasteiger partial charge in [0.05, 0.1) is 16.7 Å². The Morgan fingerprint density at radius 2 is 1.24 bits per heavy atom. The van der Waals surface area contributed by atoms with Crippen LogP contribution in [-0.4, -0.2) is 4.57 Å². The second-order valence-electron chi connectivity index (χ2n) is 14.6. The Bertz CT molecular complexity index is 1880. The van der Waals surface area contributed by atoms with Crippen LogP contribution in [0.15, 0.2) is 91.0 Å². The molecule has 0 bridgehead atoms. The molecule has 0 saturated carbocycles. The molecular formula is C41H47N. The summed E-state index contributed by atoms with van der Waals surface area (Å²) < 4.78 is 2.56. The van der Waals surface area contributed by atoms with Crippen molar-refractivity contribution in [3.8, 4) is 5.69 Å². The Morgan fingerprint density at radius 1 is 0.571 bits per heavy atom. The lowest BCUT2D eigenvalue weighted by Gasteiger charge is -2.24. The van der Waals surface area contributed by atoms with Crippen molar-refractivity contribution in [3.63, 3.8) is 0 Å². The molecular weight excluding hydrogens is 506 g/mol. The van der Waals surface area contributed by atoms with Gasteiger partial charge in [-0.25, -0.2) is 0 Å². The lowest BCUT2D eigenvalue weighted by atomic mass is 9.81. The number of hydrogen-bond acceptors (Lipinski definition) is 0. The first kappa shape index (κ1) is 28.5. The van der Waals surface area contributed by atoms with Gasteiger partial charge in [0.1, 0.15) is 0 Å². The third-order valence-electron chi connectivity index (χ3n) is 9.14. The highest BCUT2D eigenvalue weighted by atomic mass is 15.0. The smallest absolute Gasteiger partial charge is 0.0619 e. The molecule has 42 heavy (non-hydrogen) atoms. The fourth-order valence-electron chi connectivity index (χ4n) is 6.97. The summed E-state index contributed by atoms with van der Waals surface area (Å²) in [5.74, 6) is 0. The molecule has 0 fully saturated rings. The molecule has 0 N–H and O–H groups in total. The number of para-hydroxylation sites is 1. The van der Waals surface area contributed by atoms with Crippen LogP contribution in [0.3, 0.4) is 0 Å². The van der Waals surface area contributed by atoms with E-state index in [1.165, 1.54) is 92.3 Å². The quantitative estimate of drug-likeness (QED) is 0.157. The lowest BCUT2D eigenvalue weighted by Crippen LogP contribution is -2.14. The third-order valence-corrected chi connectivity index (χ3v) is 9.14. The van der Waals surface area contributed by atoms with E-state index in [9.17, 15) is 0 Å². The van der Waals surface area contributed by atoms with E-state index in [-0.39, 0.29) is 0 Å². The number of hydrogen-bond donors (Lipinski definition) is 0. The molecule has 0 atom stereocenters. The number of benzene rings is 5. The number of unbranched alkanes of at least 4 members (excludes halogenated alkanes) is 1. The monoisotopic (exact) mass is 553 g/mol. The van der Waals surface area contributed by atoms with E-state index in [0.29, 0.717) is 10.8 Å². The highest BCUT2D eigenvalue weighted by Crippen LogP contribution is 2.40. The van der Waals surface area contributed by atoms with Crippen LogP contribution in [0.4, 0.5) is 0 Å². The topological polar surface area (TPSA) is 4.93 Å². The van der Waals surface area contributed by atoms with Crippen LogP contribution in [0.2, 0.25) is 0 Å². The molecule has 216 valence electrons. The number of rotatable bonds is 9. The Kier molecular flexibility index (Phi) is 7.64. The van der Waals surface area contributed by atoms with E-state index in [0.717, 1.165) is 12.8 Å². The average Bonchev–Trinajstić information content (AvgIpc) is 3.27. The molecule has 5 aromatic carbocycles. The van der Waals surface area contributed by atoms with E-state index >= 15 is 0 Å². The van der Waals surface area contributed by atoms with Crippen LogP contribution in [0.25, 0.3) is 49.0 Å². The number of fused-ring (bicyclic) bond motifs is 5. The summed E-state index contributed by atoms with van der Waals surface area (Å²) >= 11 is 0. The van der Waals surface area contributed by atoms with Crippen LogP contribution >= 0.6 is 0 Å². The van der Waals surface area contributed by atoms with Gasteiger partial charge in [-0.2, -0.15) is 0 Å². The van der Waals surface area contributed by atoms with Crippen molar-refractivity contribution in [2.24, 2.45) is 10.8 Å². The van der Waals surface area contributed by atoms with Crippen molar-refractivity contribution in [2.75, 3.05) is 0 Å². The van der Waals surface area contributed by atoms with E-state index in [1.807, 2.05) is 0 Å². The van der Waals surface area contributed by atoms with Gasteiger partial charge in [0.15, 0.2) is 0 Å². The van der Waals surface area contributed by atoms with E-state index in [2.05, 4.69) is 137 Å². The second-order valence-corrected chi connectivity index (χ2v) is 14.6. The maximum absolute atomic E-state index is 2.56. The fraction of sp³-hybridized carbons (Fsp3) is 0.366. The Morgan fingerprint density at radius 3 is 2.02 bits per heavy atom. The molecule has 0 aliphatic heterocycles. The molecule has 1 heterocycles. The third kappa shape index (κ3) is 5.71. The Hall–Kier alpha value is -3.58. The number of nitrogens with zero attached hydrogens (tertiary/aromatic N) is 1. The predicted molar refractivity (Wildman–Crippen MR) is 185 cm³/mol. The molecule has 6 rings (SSSR count). The number of aromatic nitrogens is 1. The molecule has 1 aromatic heterocycles. The molecule has 0 amide bonds. The average molecular weight is 554 g/mol. The SMILES string of the molecule is CCCCC(C)(C)Cc1ccc2c(c1)c1ccccc1n2-c1c2ccccc2cc2ccc(CCCC(C)(C)C)cc12. The first-order valence-electron chi connectivity index (χ1n) is 16.1. The molecule has 0 aliphatic rings. The molecule has 1 nitrogen and oxygen atoms in total. The molecule has 0 spiro atoms. The van der Waals surface area contributed by atoms with Gasteiger partial charge in [-0.1, -0.05) is 115 Å². The van der Waals surface area contributed by atoms with Crippen LogP contribution in [0.5, 0.6) is 0 Å². The Balaban J connectivity index is 1.56. The molecule has 6 aromatic rings. The van der Waals surface area contributed by atoms with Crippen LogP contribution in [0.1, 0.15) is 84.8 Å². The minimum atomic E-state index is 0.303. The van der Waals surface area contributed by atoms with Gasteiger partial charge in [-0.05, 0) is 95.2 Å². The first-order valence-corrected chi connectivity index (χ1v) is 16.1. The molecule has 0 saturated heterocycles. The van der Waals surface area contributed by atoms with Gasteiger partial charge in [-0.15, -0.1) is 0 Å². The van der Waals surface area contributed by atoms with Crippen molar-refractivity contribution in [2.45, 2.75) is 86.5 Å². The maximum atomic E-state index is 2.56. The largest absolute Gasteiger partial charge is 0.308 e. The van der Waals surface area contributed by atoms with Crippen LogP contribution in [0, 0.1) is 10.8 Å². The molecule has 0 radical (unpaired) electrons. The molecule has 1 heteroatoms. The molecule has 0 unspecified atom stereocenters. The summed E-state index contributed by atoms with van der Waals surface area (Å²) in [6.07, 6.45) is 8.49. The van der Waals surface area contributed by atoms with Gasteiger partial charge >= 0.3 is 0 Å². The summed E-state index contributed by atoms with van der Waals surface area (Å²) in [5, 5.41) is 7.95. The second kappa shape index (κ2) is 11.3. The minimum Gasteiger partial charge on any atom is -0.308 e. The van der Waals surface area contributed by atoms with E-state index in [4.69, 9.17) is 0 Å². The standard InChI is InChI=1S/C41H47N/c1-7-8-24-41(5,6)28-30-20-22-38-36(26-30)34-17-11-12-18-37(34)42(38)39-33-16-10-9-15-31(33)27-32-21-19-29(25-35(32)39)14-13-23-40(2,3)4/h9-12,15-22,25-27H,7-8,13-14,23-24,28H2,1-6H3. The van der Waals surface area contributed by atoms with Crippen LogP contribution in [-0.2, 0) is 12.8 Å². The zero-order valence-corrected chi connectivity index (χ0v) is 26.6. The normalized spacial score (nSPS) is 12.7. The summed E-state index contributed by atoms with van der Waals surface area (Å²) in [7, 11) is 0. The zero-order chi connectivity index (χ0) is 29.5. The van der Waals surface area contributed by atoms with Crippen molar-refractivity contribution in [3.05, 3.63) is 102 Å². The Labute approximate surface area is 252 Å². The number of aryl methyl sites for hydroxylation is 1. The first-order chi connectivity index (χ1) is 20.1. The van der Waals surface area contributed by atoms with Crippen LogP contribution < -0.4 is 0 Å². The summed E-state index contributed by atoms with van der Waals surface area (Å²) in [4.78, 5) is 0. The predicted octanol–water partition coefficient (Wildman–Crippen LogP) is 12.2. The minimum absolute atomic E-state index is 0.303. The van der Waals surface area contributed by atoms with E-state index in [1.54, 1.807) is 0 Å². The zero-order valence-electron chi connectivity index (χ0n) is 26.6. The van der Waals surface area contributed by atoms with Gasteiger partial charge < -0.3 is 4.57 Å². The van der Waals surface area contributed by atoms with Crippen molar-refractivity contribution in [1.29, 1.82) is 0 Å². The van der Waals surface area contributed by atoms with Gasteiger partial charge in [0.2, 0.25) is 0 Å². The van der Waals surface area contributed by atoms with Gasteiger partial charge in [0, 0.05) is 21.5 Å². The van der Waals surface area contributed by atoms with Crippen molar-refractivity contribution in [1.82, 2.24) is 4.57 Å². The van der Waals surface area contributed by atoms with Crippen molar-refractivity contribution >= 4 is 43.4 Å². The highest BCUT2D eigenvalue weighted by Gasteiger charge is 2.21. The maximum Gasteiger partial charge on any atom is 0.0619 e. The summed E-state index contributed by atoms with van der Waals surface area (Å²) in [6, 6.07) is 34.7. The summed E-state index contributed by atoms with van der Waals surface area (Å²) in [6.45, 7) is 14.2.